The van der Waals surface area contributed by atoms with Gasteiger partial charge in [-0.2, -0.15) is 0 Å². The molecular weight excluding hydrogens is 272 g/mol. The Hall–Kier alpha value is -0.770. The minimum atomic E-state index is 0.653. The first-order valence-electron chi connectivity index (χ1n) is 7.23. The topological polar surface area (TPSA) is 24.5 Å². The van der Waals surface area contributed by atoms with E-state index in [1.165, 1.54) is 0 Å². The summed E-state index contributed by atoms with van der Waals surface area (Å²) >= 11 is 6.36. The van der Waals surface area contributed by atoms with Gasteiger partial charge in [-0.15, -0.1) is 0 Å². The Morgan fingerprint density at radius 3 is 2.70 bits per heavy atom. The Labute approximate surface area is 128 Å². The van der Waals surface area contributed by atoms with Crippen LogP contribution in [0.5, 0.6) is 0 Å². The van der Waals surface area contributed by atoms with E-state index in [-0.39, 0.29) is 0 Å². The van der Waals surface area contributed by atoms with Gasteiger partial charge in [-0.1, -0.05) is 31.5 Å². The molecule has 114 valence electrons. The van der Waals surface area contributed by atoms with Crippen molar-refractivity contribution in [2.75, 3.05) is 38.8 Å². The Kier molecular flexibility index (Phi) is 7.97. The third-order valence-corrected chi connectivity index (χ3v) is 3.54. The zero-order valence-corrected chi connectivity index (χ0v) is 13.8. The van der Waals surface area contributed by atoms with Crippen LogP contribution in [0.3, 0.4) is 0 Å². The lowest BCUT2D eigenvalue weighted by Gasteiger charge is -2.20. The fourth-order valence-corrected chi connectivity index (χ4v) is 2.23. The monoisotopic (exact) mass is 298 g/mol. The van der Waals surface area contributed by atoms with Gasteiger partial charge in [0.05, 0.1) is 0 Å². The Balaban J connectivity index is 2.53. The number of nitrogens with zero attached hydrogens (tertiary/aromatic N) is 1. The maximum atomic E-state index is 6.36. The van der Waals surface area contributed by atoms with Gasteiger partial charge in [-0.05, 0) is 36.6 Å². The van der Waals surface area contributed by atoms with E-state index in [4.69, 9.17) is 16.3 Å². The second kappa shape index (κ2) is 9.22. The van der Waals surface area contributed by atoms with E-state index < -0.39 is 0 Å². The zero-order chi connectivity index (χ0) is 15.0. The van der Waals surface area contributed by atoms with Crippen LogP contribution in [0, 0.1) is 5.92 Å². The molecule has 0 amide bonds. The third kappa shape index (κ3) is 6.12. The van der Waals surface area contributed by atoms with Crippen molar-refractivity contribution in [1.82, 2.24) is 5.32 Å². The van der Waals surface area contributed by atoms with E-state index in [0.29, 0.717) is 5.92 Å². The predicted molar refractivity (Wildman–Crippen MR) is 87.8 cm³/mol. The maximum absolute atomic E-state index is 6.36. The number of anilines is 1. The molecule has 0 saturated carbocycles. The van der Waals surface area contributed by atoms with Crippen LogP contribution in [0.1, 0.15) is 25.8 Å². The second-order valence-corrected chi connectivity index (χ2v) is 5.98. The lowest BCUT2D eigenvalue weighted by Crippen LogP contribution is -2.21. The van der Waals surface area contributed by atoms with Crippen LogP contribution in [0.25, 0.3) is 0 Å². The van der Waals surface area contributed by atoms with Gasteiger partial charge >= 0.3 is 0 Å². The minimum Gasteiger partial charge on any atom is -0.385 e. The summed E-state index contributed by atoms with van der Waals surface area (Å²) in [6, 6.07) is 6.28. The standard InChI is InChI=1S/C16H27ClN2O/c1-13(2)11-18-12-14-6-7-15(10-16(14)17)19(3)8-5-9-20-4/h6-7,10,13,18H,5,8-9,11-12H2,1-4H3. The lowest BCUT2D eigenvalue weighted by atomic mass is 10.1. The zero-order valence-electron chi connectivity index (χ0n) is 13.1. The van der Waals surface area contributed by atoms with Crippen molar-refractivity contribution in [3.63, 3.8) is 0 Å². The quantitative estimate of drug-likeness (QED) is 0.706. The predicted octanol–water partition coefficient (Wildman–Crippen LogP) is 3.56. The highest BCUT2D eigenvalue weighted by molar-refractivity contribution is 6.31. The first-order valence-corrected chi connectivity index (χ1v) is 7.61. The molecular formula is C16H27ClN2O. The molecule has 1 rings (SSSR count). The summed E-state index contributed by atoms with van der Waals surface area (Å²) in [6.07, 6.45) is 1.02. The minimum absolute atomic E-state index is 0.653. The van der Waals surface area contributed by atoms with Crippen molar-refractivity contribution in [2.45, 2.75) is 26.8 Å². The number of benzene rings is 1. The van der Waals surface area contributed by atoms with Crippen LogP contribution in [-0.4, -0.2) is 33.9 Å². The summed E-state index contributed by atoms with van der Waals surface area (Å²) in [7, 11) is 3.81. The van der Waals surface area contributed by atoms with Gasteiger partial charge in [0.25, 0.3) is 0 Å². The van der Waals surface area contributed by atoms with Gasteiger partial charge in [0.2, 0.25) is 0 Å². The van der Waals surface area contributed by atoms with E-state index in [1.54, 1.807) is 7.11 Å². The molecule has 0 aromatic heterocycles. The Morgan fingerprint density at radius 1 is 1.35 bits per heavy atom. The van der Waals surface area contributed by atoms with Gasteiger partial charge < -0.3 is 15.0 Å². The molecule has 0 unspecified atom stereocenters. The SMILES string of the molecule is COCCCN(C)c1ccc(CNCC(C)C)c(Cl)c1. The molecule has 20 heavy (non-hydrogen) atoms. The number of hydrogen-bond acceptors (Lipinski definition) is 3. The van der Waals surface area contributed by atoms with Crippen LogP contribution in [0.4, 0.5) is 5.69 Å². The summed E-state index contributed by atoms with van der Waals surface area (Å²) in [5.41, 5.74) is 2.31. The molecule has 0 aliphatic rings. The number of halogens is 1. The molecule has 1 aromatic rings. The van der Waals surface area contributed by atoms with Crippen molar-refractivity contribution in [3.05, 3.63) is 28.8 Å². The molecule has 0 atom stereocenters. The highest BCUT2D eigenvalue weighted by Gasteiger charge is 2.05. The second-order valence-electron chi connectivity index (χ2n) is 5.57. The van der Waals surface area contributed by atoms with Crippen LogP contribution in [0.2, 0.25) is 5.02 Å². The van der Waals surface area contributed by atoms with Gasteiger partial charge in [0.15, 0.2) is 0 Å². The molecule has 3 nitrogen and oxygen atoms in total. The average Bonchev–Trinajstić information content (AvgIpc) is 2.40. The van der Waals surface area contributed by atoms with E-state index in [0.717, 1.165) is 48.9 Å². The fourth-order valence-electron chi connectivity index (χ4n) is 1.99. The molecule has 0 fully saturated rings. The van der Waals surface area contributed by atoms with E-state index >= 15 is 0 Å². The van der Waals surface area contributed by atoms with Crippen molar-refractivity contribution in [3.8, 4) is 0 Å². The fraction of sp³-hybridized carbons (Fsp3) is 0.625. The normalized spacial score (nSPS) is 11.1. The number of hydrogen-bond donors (Lipinski definition) is 1. The van der Waals surface area contributed by atoms with Crippen molar-refractivity contribution in [1.29, 1.82) is 0 Å². The van der Waals surface area contributed by atoms with Crippen molar-refractivity contribution < 1.29 is 4.74 Å². The summed E-state index contributed by atoms with van der Waals surface area (Å²) in [5.74, 6) is 0.653. The number of methoxy groups -OCH3 is 1. The molecule has 0 aliphatic carbocycles. The third-order valence-electron chi connectivity index (χ3n) is 3.19. The average molecular weight is 299 g/mol. The van der Waals surface area contributed by atoms with Gasteiger partial charge in [0.1, 0.15) is 0 Å². The smallest absolute Gasteiger partial charge is 0.0479 e. The van der Waals surface area contributed by atoms with Gasteiger partial charge in [-0.3, -0.25) is 0 Å². The van der Waals surface area contributed by atoms with Crippen molar-refractivity contribution >= 4 is 17.3 Å². The highest BCUT2D eigenvalue weighted by atomic mass is 35.5. The maximum Gasteiger partial charge on any atom is 0.0479 e. The highest BCUT2D eigenvalue weighted by Crippen LogP contribution is 2.23. The van der Waals surface area contributed by atoms with Crippen LogP contribution in [0.15, 0.2) is 18.2 Å². The van der Waals surface area contributed by atoms with Gasteiger partial charge in [0, 0.05) is 44.6 Å². The summed E-state index contributed by atoms with van der Waals surface area (Å²) < 4.78 is 5.07. The molecule has 0 aliphatic heterocycles. The number of ether oxygens (including phenoxy) is 1. The summed E-state index contributed by atoms with van der Waals surface area (Å²) in [5, 5.41) is 4.25. The number of rotatable bonds is 9. The largest absolute Gasteiger partial charge is 0.385 e. The summed E-state index contributed by atoms with van der Waals surface area (Å²) in [6.45, 7) is 7.99. The van der Waals surface area contributed by atoms with Gasteiger partial charge in [-0.25, -0.2) is 0 Å². The molecule has 0 heterocycles. The molecule has 4 heteroatoms. The van der Waals surface area contributed by atoms with E-state index in [9.17, 15) is 0 Å². The van der Waals surface area contributed by atoms with Crippen LogP contribution >= 0.6 is 11.6 Å². The van der Waals surface area contributed by atoms with E-state index in [1.807, 2.05) is 6.07 Å². The molecule has 1 N–H and O–H groups in total. The number of nitrogens with one attached hydrogen (secondary N) is 1. The summed E-state index contributed by atoms with van der Waals surface area (Å²) in [4.78, 5) is 2.20. The molecule has 0 saturated heterocycles. The van der Waals surface area contributed by atoms with Crippen LogP contribution < -0.4 is 10.2 Å². The lowest BCUT2D eigenvalue weighted by molar-refractivity contribution is 0.196. The molecule has 1 aromatic carbocycles. The van der Waals surface area contributed by atoms with Crippen molar-refractivity contribution in [2.24, 2.45) is 5.92 Å². The molecule has 0 bridgehead atoms. The first kappa shape index (κ1) is 17.3. The van der Waals surface area contributed by atoms with Crippen LogP contribution in [-0.2, 0) is 11.3 Å². The molecule has 0 spiro atoms. The Morgan fingerprint density at radius 2 is 2.10 bits per heavy atom. The first-order chi connectivity index (χ1) is 9.54. The molecule has 0 radical (unpaired) electrons. The Bertz CT molecular complexity index is 396. The van der Waals surface area contributed by atoms with E-state index in [2.05, 4.69) is 43.2 Å².